The van der Waals surface area contributed by atoms with E-state index in [1.54, 1.807) is 14.2 Å². The predicted octanol–water partition coefficient (Wildman–Crippen LogP) is 2.01. The van der Waals surface area contributed by atoms with Crippen LogP contribution in [0.3, 0.4) is 0 Å². The minimum absolute atomic E-state index is 0.0350. The Morgan fingerprint density at radius 1 is 1.03 bits per heavy atom. The van der Waals surface area contributed by atoms with Gasteiger partial charge in [0.05, 0.1) is 40.1 Å². The molecule has 7 heteroatoms. The summed E-state index contributed by atoms with van der Waals surface area (Å²) >= 11 is 0. The smallest absolute Gasteiger partial charge is 0.161 e. The number of aliphatic hydroxyl groups is 2. The molecule has 0 spiro atoms. The second-order valence-electron chi connectivity index (χ2n) is 6.80. The molecule has 7 nitrogen and oxygen atoms in total. The van der Waals surface area contributed by atoms with Gasteiger partial charge in [-0.1, -0.05) is 24.3 Å². The first-order valence-corrected chi connectivity index (χ1v) is 9.71. The number of para-hydroxylation sites is 1. The SMILES string of the molecule is COc1ccc([C@@H]2[C@@H](CO)OCCN2Cc2ccccc2OCCO)cc1OC. The molecule has 1 aliphatic rings. The maximum absolute atomic E-state index is 9.94. The Bertz CT molecular complexity index is 784. The van der Waals surface area contributed by atoms with Crippen molar-refractivity contribution in [1.29, 1.82) is 0 Å². The van der Waals surface area contributed by atoms with Crippen molar-refractivity contribution in [1.82, 2.24) is 4.90 Å². The molecule has 1 heterocycles. The molecule has 1 aliphatic heterocycles. The summed E-state index contributed by atoms with van der Waals surface area (Å²) < 4.78 is 22.4. The molecule has 2 N–H and O–H groups in total. The number of hydrogen-bond donors (Lipinski definition) is 2. The van der Waals surface area contributed by atoms with E-state index in [0.717, 1.165) is 16.9 Å². The Kier molecular flexibility index (Phi) is 7.71. The van der Waals surface area contributed by atoms with E-state index in [9.17, 15) is 5.11 Å². The molecule has 0 aliphatic carbocycles. The van der Waals surface area contributed by atoms with Gasteiger partial charge >= 0.3 is 0 Å². The number of hydrogen-bond acceptors (Lipinski definition) is 7. The molecule has 0 saturated carbocycles. The van der Waals surface area contributed by atoms with Crippen LogP contribution in [0.1, 0.15) is 17.2 Å². The minimum atomic E-state index is -0.354. The van der Waals surface area contributed by atoms with Gasteiger partial charge in [-0.2, -0.15) is 0 Å². The Labute approximate surface area is 171 Å². The zero-order valence-electron chi connectivity index (χ0n) is 16.9. The van der Waals surface area contributed by atoms with E-state index in [4.69, 9.17) is 24.1 Å². The quantitative estimate of drug-likeness (QED) is 0.663. The van der Waals surface area contributed by atoms with Crippen molar-refractivity contribution in [2.45, 2.75) is 18.7 Å². The van der Waals surface area contributed by atoms with Gasteiger partial charge in [-0.15, -0.1) is 0 Å². The first-order chi connectivity index (χ1) is 14.2. The number of rotatable bonds is 9. The van der Waals surface area contributed by atoms with Gasteiger partial charge in [0.15, 0.2) is 11.5 Å². The van der Waals surface area contributed by atoms with Crippen LogP contribution in [0.25, 0.3) is 0 Å². The lowest BCUT2D eigenvalue weighted by molar-refractivity contribution is -0.0962. The molecule has 3 rings (SSSR count). The fourth-order valence-corrected chi connectivity index (χ4v) is 3.73. The molecular formula is C22H29NO6. The van der Waals surface area contributed by atoms with Gasteiger partial charge in [0.25, 0.3) is 0 Å². The Morgan fingerprint density at radius 2 is 1.83 bits per heavy atom. The molecule has 1 saturated heterocycles. The maximum Gasteiger partial charge on any atom is 0.161 e. The molecular weight excluding hydrogens is 374 g/mol. The highest BCUT2D eigenvalue weighted by molar-refractivity contribution is 5.44. The molecule has 29 heavy (non-hydrogen) atoms. The second-order valence-corrected chi connectivity index (χ2v) is 6.80. The van der Waals surface area contributed by atoms with Crippen LogP contribution in [0.15, 0.2) is 42.5 Å². The maximum atomic E-state index is 9.94. The highest BCUT2D eigenvalue weighted by atomic mass is 16.5. The summed E-state index contributed by atoms with van der Waals surface area (Å²) in [6, 6.07) is 13.4. The van der Waals surface area contributed by atoms with Crippen LogP contribution in [-0.4, -0.2) is 68.4 Å². The Balaban J connectivity index is 1.91. The summed E-state index contributed by atoms with van der Waals surface area (Å²) in [5, 5.41) is 19.0. The molecule has 0 unspecified atom stereocenters. The number of morpholine rings is 1. The number of methoxy groups -OCH3 is 2. The number of ether oxygens (including phenoxy) is 4. The summed E-state index contributed by atoms with van der Waals surface area (Å²) in [6.07, 6.45) is -0.354. The van der Waals surface area contributed by atoms with E-state index in [1.165, 1.54) is 0 Å². The van der Waals surface area contributed by atoms with Gasteiger partial charge in [0, 0.05) is 18.7 Å². The lowest BCUT2D eigenvalue weighted by Gasteiger charge is -2.41. The fourth-order valence-electron chi connectivity index (χ4n) is 3.73. The highest BCUT2D eigenvalue weighted by Crippen LogP contribution is 2.37. The van der Waals surface area contributed by atoms with Crippen LogP contribution in [0.4, 0.5) is 0 Å². The topological polar surface area (TPSA) is 80.6 Å². The zero-order chi connectivity index (χ0) is 20.6. The molecule has 2 atom stereocenters. The fraction of sp³-hybridized carbons (Fsp3) is 0.455. The van der Waals surface area contributed by atoms with Crippen LogP contribution in [0.5, 0.6) is 17.2 Å². The average Bonchev–Trinajstić information content (AvgIpc) is 2.77. The predicted molar refractivity (Wildman–Crippen MR) is 109 cm³/mol. The number of nitrogens with zero attached hydrogens (tertiary/aromatic N) is 1. The Hall–Kier alpha value is -2.32. The standard InChI is InChI=1S/C22H29NO6/c1-26-19-8-7-16(13-20(19)27-2)22-21(15-25)28-11-9-23(22)14-17-5-3-4-6-18(17)29-12-10-24/h3-8,13,21-22,24-25H,9-12,14-15H2,1-2H3/t21-,22-/m1/s1. The average molecular weight is 403 g/mol. The normalized spacial score (nSPS) is 19.7. The first kappa shape index (κ1) is 21.4. The van der Waals surface area contributed by atoms with E-state index >= 15 is 0 Å². The van der Waals surface area contributed by atoms with Crippen molar-refractivity contribution in [2.75, 3.05) is 47.2 Å². The van der Waals surface area contributed by atoms with Crippen LogP contribution >= 0.6 is 0 Å². The summed E-state index contributed by atoms with van der Waals surface area (Å²) in [5.41, 5.74) is 2.00. The summed E-state index contributed by atoms with van der Waals surface area (Å²) in [4.78, 5) is 2.27. The number of aliphatic hydroxyl groups excluding tert-OH is 2. The number of benzene rings is 2. The summed E-state index contributed by atoms with van der Waals surface area (Å²) in [6.45, 7) is 2.00. The van der Waals surface area contributed by atoms with Crippen molar-refractivity contribution in [2.24, 2.45) is 0 Å². The van der Waals surface area contributed by atoms with Crippen molar-refractivity contribution in [3.8, 4) is 17.2 Å². The van der Waals surface area contributed by atoms with E-state index < -0.39 is 0 Å². The van der Waals surface area contributed by atoms with Gasteiger partial charge < -0.3 is 29.2 Å². The molecule has 2 aromatic carbocycles. The molecule has 0 radical (unpaired) electrons. The van der Waals surface area contributed by atoms with Crippen LogP contribution in [-0.2, 0) is 11.3 Å². The molecule has 158 valence electrons. The summed E-state index contributed by atoms with van der Waals surface area (Å²) in [7, 11) is 3.21. The second kappa shape index (κ2) is 10.5. The largest absolute Gasteiger partial charge is 0.493 e. The van der Waals surface area contributed by atoms with Crippen LogP contribution in [0.2, 0.25) is 0 Å². The van der Waals surface area contributed by atoms with Gasteiger partial charge in [-0.3, -0.25) is 4.90 Å². The molecule has 2 aromatic rings. The molecule has 1 fully saturated rings. The monoisotopic (exact) mass is 403 g/mol. The first-order valence-electron chi connectivity index (χ1n) is 9.71. The van der Waals surface area contributed by atoms with Crippen LogP contribution in [0, 0.1) is 0 Å². The van der Waals surface area contributed by atoms with Crippen molar-refractivity contribution in [3.05, 3.63) is 53.6 Å². The molecule has 0 aromatic heterocycles. The zero-order valence-corrected chi connectivity index (χ0v) is 16.9. The third-order valence-corrected chi connectivity index (χ3v) is 5.08. The van der Waals surface area contributed by atoms with Gasteiger partial charge in [-0.25, -0.2) is 0 Å². The lowest BCUT2D eigenvalue weighted by Crippen LogP contribution is -2.46. The van der Waals surface area contributed by atoms with Crippen LogP contribution < -0.4 is 14.2 Å². The van der Waals surface area contributed by atoms with Gasteiger partial charge in [-0.05, 0) is 23.8 Å². The van der Waals surface area contributed by atoms with Gasteiger partial charge in [0.1, 0.15) is 18.5 Å². The Morgan fingerprint density at radius 3 is 2.55 bits per heavy atom. The van der Waals surface area contributed by atoms with Crippen molar-refractivity contribution < 1.29 is 29.2 Å². The minimum Gasteiger partial charge on any atom is -0.493 e. The molecule has 0 bridgehead atoms. The third-order valence-electron chi connectivity index (χ3n) is 5.08. The van der Waals surface area contributed by atoms with Crippen molar-refractivity contribution >= 4 is 0 Å². The van der Waals surface area contributed by atoms with E-state index in [-0.39, 0.29) is 32.0 Å². The highest BCUT2D eigenvalue weighted by Gasteiger charge is 2.34. The van der Waals surface area contributed by atoms with E-state index in [2.05, 4.69) is 4.90 Å². The summed E-state index contributed by atoms with van der Waals surface area (Å²) in [5.74, 6) is 2.04. The lowest BCUT2D eigenvalue weighted by atomic mass is 9.97. The van der Waals surface area contributed by atoms with E-state index in [1.807, 2.05) is 42.5 Å². The third kappa shape index (κ3) is 5.00. The van der Waals surface area contributed by atoms with Gasteiger partial charge in [0.2, 0.25) is 0 Å². The van der Waals surface area contributed by atoms with Crippen molar-refractivity contribution in [3.63, 3.8) is 0 Å². The van der Waals surface area contributed by atoms with E-state index in [0.29, 0.717) is 31.2 Å². The molecule has 0 amide bonds.